The van der Waals surface area contributed by atoms with Gasteiger partial charge in [-0.25, -0.2) is 0 Å². The predicted octanol–water partition coefficient (Wildman–Crippen LogP) is -0.933. The van der Waals surface area contributed by atoms with Gasteiger partial charge in [0.15, 0.2) is 0 Å². The van der Waals surface area contributed by atoms with Crippen molar-refractivity contribution in [3.05, 3.63) is 0 Å². The molecule has 1 unspecified atom stereocenters. The van der Waals surface area contributed by atoms with Gasteiger partial charge in [0.25, 0.3) is 0 Å². The van der Waals surface area contributed by atoms with Gasteiger partial charge in [-0.2, -0.15) is 0 Å². The molecule has 0 bridgehead atoms. The zero-order valence-corrected chi connectivity index (χ0v) is 10.7. The van der Waals surface area contributed by atoms with Gasteiger partial charge in [-0.3, -0.25) is 14.4 Å². The van der Waals surface area contributed by atoms with E-state index in [1.807, 2.05) is 13.8 Å². The van der Waals surface area contributed by atoms with E-state index in [9.17, 15) is 14.4 Å². The molecule has 0 aromatic heterocycles. The van der Waals surface area contributed by atoms with Crippen molar-refractivity contribution in [1.82, 2.24) is 10.6 Å². The minimum Gasteiger partial charge on any atom is -0.480 e. The molecule has 0 spiro atoms. The van der Waals surface area contributed by atoms with E-state index in [0.717, 1.165) is 6.42 Å². The van der Waals surface area contributed by atoms with Crippen LogP contribution in [0.25, 0.3) is 0 Å². The fraction of sp³-hybridized carbons (Fsp3) is 0.727. The number of carboxylic acid groups (broad SMARTS) is 1. The van der Waals surface area contributed by atoms with E-state index < -0.39 is 30.4 Å². The Kier molecular flexibility index (Phi) is 7.69. The van der Waals surface area contributed by atoms with Gasteiger partial charge in [-0.05, 0) is 18.8 Å². The molecule has 0 aliphatic carbocycles. The number of carbonyl (C=O) groups excluding carboxylic acids is 2. The quantitative estimate of drug-likeness (QED) is 0.448. The highest BCUT2D eigenvalue weighted by Crippen LogP contribution is 2.05. The highest BCUT2D eigenvalue weighted by molar-refractivity contribution is 5.88. The van der Waals surface area contributed by atoms with Gasteiger partial charge in [0.05, 0.1) is 12.6 Å². The standard InChI is InChI=1S/C11H21N3O4/c1-7(2)3-4-8(12)11(18)14-5-9(15)13-6-10(16)17/h7-8H,3-6,12H2,1-2H3,(H,13,15)(H,14,18)(H,16,17). The molecule has 1 atom stereocenters. The number of hydrogen-bond donors (Lipinski definition) is 4. The molecule has 0 aliphatic rings. The molecule has 7 nitrogen and oxygen atoms in total. The van der Waals surface area contributed by atoms with Crippen LogP contribution >= 0.6 is 0 Å². The Morgan fingerprint density at radius 3 is 2.22 bits per heavy atom. The first-order chi connectivity index (χ1) is 8.32. The summed E-state index contributed by atoms with van der Waals surface area (Å²) in [6.07, 6.45) is 1.39. The Morgan fingerprint density at radius 2 is 1.72 bits per heavy atom. The van der Waals surface area contributed by atoms with Crippen molar-refractivity contribution < 1.29 is 19.5 Å². The molecule has 0 aromatic carbocycles. The topological polar surface area (TPSA) is 122 Å². The monoisotopic (exact) mass is 259 g/mol. The maximum Gasteiger partial charge on any atom is 0.322 e. The molecule has 0 saturated carbocycles. The Hall–Kier alpha value is -1.63. The van der Waals surface area contributed by atoms with Crippen LogP contribution in [-0.2, 0) is 14.4 Å². The third-order valence-electron chi connectivity index (χ3n) is 2.25. The van der Waals surface area contributed by atoms with E-state index in [4.69, 9.17) is 10.8 Å². The van der Waals surface area contributed by atoms with Crippen LogP contribution in [0.3, 0.4) is 0 Å². The molecule has 0 fully saturated rings. The van der Waals surface area contributed by atoms with Crippen molar-refractivity contribution in [3.8, 4) is 0 Å². The van der Waals surface area contributed by atoms with E-state index >= 15 is 0 Å². The highest BCUT2D eigenvalue weighted by atomic mass is 16.4. The summed E-state index contributed by atoms with van der Waals surface area (Å²) in [4.78, 5) is 32.8. The van der Waals surface area contributed by atoms with Gasteiger partial charge in [-0.15, -0.1) is 0 Å². The lowest BCUT2D eigenvalue weighted by Gasteiger charge is -2.13. The first-order valence-corrected chi connectivity index (χ1v) is 5.84. The summed E-state index contributed by atoms with van der Waals surface area (Å²) in [6, 6.07) is -0.639. The van der Waals surface area contributed by atoms with Crippen molar-refractivity contribution in [1.29, 1.82) is 0 Å². The molecule has 5 N–H and O–H groups in total. The van der Waals surface area contributed by atoms with Crippen molar-refractivity contribution >= 4 is 17.8 Å². The average Bonchev–Trinajstić information content (AvgIpc) is 2.30. The van der Waals surface area contributed by atoms with E-state index in [1.54, 1.807) is 0 Å². The molecule has 18 heavy (non-hydrogen) atoms. The highest BCUT2D eigenvalue weighted by Gasteiger charge is 2.14. The first kappa shape index (κ1) is 16.4. The summed E-state index contributed by atoms with van der Waals surface area (Å²) < 4.78 is 0. The largest absolute Gasteiger partial charge is 0.480 e. The van der Waals surface area contributed by atoms with Gasteiger partial charge in [0.1, 0.15) is 6.54 Å². The lowest BCUT2D eigenvalue weighted by Crippen LogP contribution is -2.45. The third-order valence-corrected chi connectivity index (χ3v) is 2.25. The number of aliphatic carboxylic acids is 1. The molecule has 0 radical (unpaired) electrons. The maximum absolute atomic E-state index is 11.5. The van der Waals surface area contributed by atoms with Crippen LogP contribution in [0.5, 0.6) is 0 Å². The van der Waals surface area contributed by atoms with E-state index in [1.165, 1.54) is 0 Å². The molecular formula is C11H21N3O4. The normalized spacial score (nSPS) is 12.0. The number of carboxylic acids is 1. The Balaban J connectivity index is 3.80. The molecule has 2 amide bonds. The Labute approximate surface area is 106 Å². The van der Waals surface area contributed by atoms with E-state index in [2.05, 4.69) is 10.6 Å². The number of rotatable bonds is 8. The second-order valence-corrected chi connectivity index (χ2v) is 4.47. The molecule has 0 saturated heterocycles. The van der Waals surface area contributed by atoms with Crippen LogP contribution < -0.4 is 16.4 Å². The number of carbonyl (C=O) groups is 3. The van der Waals surface area contributed by atoms with E-state index in [-0.39, 0.29) is 6.54 Å². The molecule has 0 rings (SSSR count). The smallest absolute Gasteiger partial charge is 0.322 e. The fourth-order valence-electron chi connectivity index (χ4n) is 1.18. The SMILES string of the molecule is CC(C)CCC(N)C(=O)NCC(=O)NCC(=O)O. The summed E-state index contributed by atoms with van der Waals surface area (Å²) in [7, 11) is 0. The minimum atomic E-state index is -1.14. The summed E-state index contributed by atoms with van der Waals surface area (Å²) in [5.41, 5.74) is 5.64. The fourth-order valence-corrected chi connectivity index (χ4v) is 1.18. The first-order valence-electron chi connectivity index (χ1n) is 5.84. The molecule has 0 aliphatic heterocycles. The van der Waals surface area contributed by atoms with Crippen molar-refractivity contribution in [2.45, 2.75) is 32.7 Å². The average molecular weight is 259 g/mol. The zero-order chi connectivity index (χ0) is 14.1. The Bertz CT molecular complexity index is 305. The van der Waals surface area contributed by atoms with Crippen LogP contribution in [-0.4, -0.2) is 42.0 Å². The molecule has 7 heteroatoms. The summed E-state index contributed by atoms with van der Waals surface area (Å²) in [6.45, 7) is 3.34. The van der Waals surface area contributed by atoms with E-state index in [0.29, 0.717) is 12.3 Å². The third kappa shape index (κ3) is 8.51. The maximum atomic E-state index is 11.5. The van der Waals surface area contributed by atoms with Crippen LogP contribution in [0.4, 0.5) is 0 Å². The van der Waals surface area contributed by atoms with Crippen molar-refractivity contribution in [2.24, 2.45) is 11.7 Å². The van der Waals surface area contributed by atoms with Crippen molar-refractivity contribution in [2.75, 3.05) is 13.1 Å². The van der Waals surface area contributed by atoms with Crippen molar-refractivity contribution in [3.63, 3.8) is 0 Å². The molecule has 104 valence electrons. The lowest BCUT2D eigenvalue weighted by molar-refractivity contribution is -0.137. The number of nitrogens with two attached hydrogens (primary N) is 1. The van der Waals surface area contributed by atoms with Crippen LogP contribution in [0, 0.1) is 5.92 Å². The summed E-state index contributed by atoms with van der Waals surface area (Å²) >= 11 is 0. The molecular weight excluding hydrogens is 238 g/mol. The zero-order valence-electron chi connectivity index (χ0n) is 10.7. The number of nitrogens with one attached hydrogen (secondary N) is 2. The Morgan fingerprint density at radius 1 is 1.11 bits per heavy atom. The van der Waals surface area contributed by atoms with Crippen LogP contribution in [0.1, 0.15) is 26.7 Å². The lowest BCUT2D eigenvalue weighted by atomic mass is 10.0. The second kappa shape index (κ2) is 8.46. The van der Waals surface area contributed by atoms with Gasteiger partial charge in [0.2, 0.25) is 11.8 Å². The van der Waals surface area contributed by atoms with Gasteiger partial charge < -0.3 is 21.5 Å². The number of amides is 2. The predicted molar refractivity (Wildman–Crippen MR) is 65.7 cm³/mol. The second-order valence-electron chi connectivity index (χ2n) is 4.47. The van der Waals surface area contributed by atoms with Gasteiger partial charge in [0, 0.05) is 0 Å². The van der Waals surface area contributed by atoms with Gasteiger partial charge >= 0.3 is 5.97 Å². The number of hydrogen-bond acceptors (Lipinski definition) is 4. The minimum absolute atomic E-state index is 0.262. The van der Waals surface area contributed by atoms with Crippen LogP contribution in [0.15, 0.2) is 0 Å². The molecule has 0 aromatic rings. The summed E-state index contributed by atoms with van der Waals surface area (Å²) in [5.74, 6) is -1.63. The molecule has 0 heterocycles. The van der Waals surface area contributed by atoms with Gasteiger partial charge in [-0.1, -0.05) is 13.8 Å². The summed E-state index contributed by atoms with van der Waals surface area (Å²) in [5, 5.41) is 12.8. The van der Waals surface area contributed by atoms with Crippen LogP contribution in [0.2, 0.25) is 0 Å².